The van der Waals surface area contributed by atoms with E-state index in [0.717, 1.165) is 73.9 Å². The smallest absolute Gasteiger partial charge is 0.378 e. The number of hydrogen-bond donors (Lipinski definition) is 0. The SMILES string of the molecule is CCn1cc[n+](CC)c1N=Nc1ccc(N(C)CCOCCN(C)c2ccc(N=Nc3n(CC)cc[n+]3CC)cc2)cc1. The highest BCUT2D eigenvalue weighted by atomic mass is 16.5. The molecule has 0 radical (unpaired) electrons. The molecule has 11 nitrogen and oxygen atoms in total. The third-order valence-corrected chi connectivity index (χ3v) is 7.48. The Balaban J connectivity index is 1.19. The van der Waals surface area contributed by atoms with Crippen LogP contribution in [-0.2, 0) is 30.9 Å². The van der Waals surface area contributed by atoms with E-state index in [1.54, 1.807) is 0 Å². The molecule has 2 aromatic heterocycles. The largest absolute Gasteiger partial charge is 0.421 e. The summed E-state index contributed by atoms with van der Waals surface area (Å²) in [7, 11) is 4.15. The van der Waals surface area contributed by atoms with Crippen molar-refractivity contribution in [1.29, 1.82) is 0 Å². The Kier molecular flexibility index (Phi) is 11.5. The number of azo groups is 2. The van der Waals surface area contributed by atoms with Gasteiger partial charge in [0.15, 0.2) is 0 Å². The van der Waals surface area contributed by atoms with Gasteiger partial charge >= 0.3 is 11.9 Å². The van der Waals surface area contributed by atoms with Crippen LogP contribution in [0.1, 0.15) is 27.7 Å². The zero-order valence-corrected chi connectivity index (χ0v) is 26.5. The quantitative estimate of drug-likeness (QED) is 0.0870. The van der Waals surface area contributed by atoms with Gasteiger partial charge in [0.25, 0.3) is 0 Å². The van der Waals surface area contributed by atoms with Gasteiger partial charge < -0.3 is 14.5 Å². The maximum absolute atomic E-state index is 5.95. The lowest BCUT2D eigenvalue weighted by Gasteiger charge is -2.21. The van der Waals surface area contributed by atoms with Crippen LogP contribution in [0.2, 0.25) is 0 Å². The molecular formula is C32H46N10O+2. The molecular weight excluding hydrogens is 540 g/mol. The number of ether oxygens (including phenoxy) is 1. The molecule has 0 N–H and O–H groups in total. The van der Waals surface area contributed by atoms with Crippen LogP contribution in [0.15, 0.2) is 93.8 Å². The van der Waals surface area contributed by atoms with Crippen molar-refractivity contribution in [2.75, 3.05) is 50.2 Å². The second-order valence-electron chi connectivity index (χ2n) is 10.2. The van der Waals surface area contributed by atoms with Crippen molar-refractivity contribution >= 4 is 34.6 Å². The van der Waals surface area contributed by atoms with Crippen molar-refractivity contribution < 1.29 is 13.9 Å². The first-order valence-corrected chi connectivity index (χ1v) is 15.2. The molecule has 0 bridgehead atoms. The van der Waals surface area contributed by atoms with E-state index < -0.39 is 0 Å². The van der Waals surface area contributed by atoms with Crippen LogP contribution in [0.25, 0.3) is 0 Å². The normalized spacial score (nSPS) is 11.7. The maximum Gasteiger partial charge on any atom is 0.421 e. The molecule has 4 rings (SSSR count). The zero-order valence-electron chi connectivity index (χ0n) is 26.5. The molecule has 0 atom stereocenters. The number of likely N-dealkylation sites (N-methyl/N-ethyl adjacent to an activating group) is 2. The Morgan fingerprint density at radius 3 is 1.35 bits per heavy atom. The van der Waals surface area contributed by atoms with Gasteiger partial charge in [0.2, 0.25) is 0 Å². The van der Waals surface area contributed by atoms with Crippen LogP contribution in [0.4, 0.5) is 34.6 Å². The lowest BCUT2D eigenvalue weighted by Crippen LogP contribution is -2.30. The maximum atomic E-state index is 5.95. The van der Waals surface area contributed by atoms with Gasteiger partial charge in [0.1, 0.15) is 11.4 Å². The van der Waals surface area contributed by atoms with Crippen LogP contribution in [0.5, 0.6) is 0 Å². The average Bonchev–Trinajstić information content (AvgIpc) is 3.65. The highest BCUT2D eigenvalue weighted by Crippen LogP contribution is 2.22. The predicted molar refractivity (Wildman–Crippen MR) is 171 cm³/mol. The van der Waals surface area contributed by atoms with E-state index in [2.05, 4.69) is 115 Å². The van der Waals surface area contributed by atoms with Gasteiger partial charge in [-0.1, -0.05) is 10.2 Å². The number of aryl methyl sites for hydroxylation is 4. The van der Waals surface area contributed by atoms with E-state index in [9.17, 15) is 0 Å². The Labute approximate surface area is 255 Å². The van der Waals surface area contributed by atoms with Crippen LogP contribution in [0.3, 0.4) is 0 Å². The number of benzene rings is 2. The molecule has 0 unspecified atom stereocenters. The molecule has 0 fully saturated rings. The first kappa shape index (κ1) is 31.6. The van der Waals surface area contributed by atoms with Crippen molar-refractivity contribution in [3.63, 3.8) is 0 Å². The van der Waals surface area contributed by atoms with E-state index in [1.165, 1.54) is 0 Å². The summed E-state index contributed by atoms with van der Waals surface area (Å²) in [6.45, 7) is 14.7. The molecule has 43 heavy (non-hydrogen) atoms. The summed E-state index contributed by atoms with van der Waals surface area (Å²) in [5.74, 6) is 1.72. The molecule has 2 heterocycles. The Morgan fingerprint density at radius 2 is 1.00 bits per heavy atom. The molecule has 4 aromatic rings. The summed E-state index contributed by atoms with van der Waals surface area (Å²) in [4.78, 5) is 4.37. The van der Waals surface area contributed by atoms with Crippen molar-refractivity contribution in [1.82, 2.24) is 9.13 Å². The van der Waals surface area contributed by atoms with Crippen LogP contribution >= 0.6 is 0 Å². The predicted octanol–water partition coefficient (Wildman–Crippen LogP) is 6.36. The number of hydrogen-bond acceptors (Lipinski definition) is 7. The molecule has 0 saturated heterocycles. The molecule has 0 saturated carbocycles. The highest BCUT2D eigenvalue weighted by Gasteiger charge is 2.15. The molecule has 0 amide bonds. The van der Waals surface area contributed by atoms with Gasteiger partial charge in [-0.3, -0.25) is 0 Å². The lowest BCUT2D eigenvalue weighted by molar-refractivity contribution is -0.680. The van der Waals surface area contributed by atoms with Crippen molar-refractivity contribution in [2.45, 2.75) is 53.9 Å². The van der Waals surface area contributed by atoms with E-state index in [-0.39, 0.29) is 0 Å². The molecule has 0 aliphatic heterocycles. The Morgan fingerprint density at radius 1 is 0.605 bits per heavy atom. The fraction of sp³-hybridized carbons (Fsp3) is 0.438. The summed E-state index contributed by atoms with van der Waals surface area (Å²) in [5, 5.41) is 17.9. The number of imidazole rings is 2. The summed E-state index contributed by atoms with van der Waals surface area (Å²) >= 11 is 0. The monoisotopic (exact) mass is 586 g/mol. The number of aromatic nitrogens is 4. The minimum absolute atomic E-state index is 0.646. The fourth-order valence-electron chi connectivity index (χ4n) is 4.65. The topological polar surface area (TPSA) is 82.8 Å². The molecule has 0 aliphatic carbocycles. The Hall–Kier alpha value is -4.38. The van der Waals surface area contributed by atoms with Crippen LogP contribution in [-0.4, -0.2) is 49.5 Å². The highest BCUT2D eigenvalue weighted by molar-refractivity contribution is 5.53. The first-order chi connectivity index (χ1) is 21.0. The summed E-state index contributed by atoms with van der Waals surface area (Å²) < 4.78 is 14.3. The van der Waals surface area contributed by atoms with E-state index >= 15 is 0 Å². The van der Waals surface area contributed by atoms with Crippen molar-refractivity contribution in [3.8, 4) is 0 Å². The second-order valence-corrected chi connectivity index (χ2v) is 10.2. The third-order valence-electron chi connectivity index (χ3n) is 7.48. The van der Waals surface area contributed by atoms with Gasteiger partial charge in [-0.2, -0.15) is 0 Å². The molecule has 0 aliphatic rings. The van der Waals surface area contributed by atoms with Gasteiger partial charge in [-0.15, -0.1) is 0 Å². The van der Waals surface area contributed by atoms with E-state index in [4.69, 9.17) is 4.74 Å². The minimum Gasteiger partial charge on any atom is -0.378 e. The fourth-order valence-corrected chi connectivity index (χ4v) is 4.65. The standard InChI is InChI=1S/C32H46N10O/c1-7-39-19-20-40(8-2)31(39)35-33-27-11-15-29(16-12-27)37(5)23-25-43-26-24-38(6)30-17-13-28(14-18-30)34-36-32-41(9-3)21-22-42(32)10-4/h11-22H,7-10,23-26H2,1-6H3/q+2. The Bertz CT molecular complexity index is 1320. The van der Waals surface area contributed by atoms with Crippen LogP contribution in [0, 0.1) is 0 Å². The van der Waals surface area contributed by atoms with E-state index in [1.807, 2.05) is 49.1 Å². The molecule has 11 heteroatoms. The van der Waals surface area contributed by atoms with Gasteiger partial charge in [0.05, 0.1) is 64.2 Å². The number of rotatable bonds is 16. The summed E-state index contributed by atoms with van der Waals surface area (Å²) in [6, 6.07) is 16.3. The summed E-state index contributed by atoms with van der Waals surface area (Å²) in [6.07, 6.45) is 8.15. The summed E-state index contributed by atoms with van der Waals surface area (Å²) in [5.41, 5.74) is 3.89. The minimum atomic E-state index is 0.646. The van der Waals surface area contributed by atoms with Crippen molar-refractivity contribution in [3.05, 3.63) is 73.3 Å². The number of nitrogens with zero attached hydrogens (tertiary/aromatic N) is 10. The van der Waals surface area contributed by atoms with Crippen LogP contribution < -0.4 is 18.9 Å². The zero-order chi connectivity index (χ0) is 30.6. The first-order valence-electron chi connectivity index (χ1n) is 15.2. The molecule has 2 aromatic carbocycles. The second kappa shape index (κ2) is 15.7. The molecule has 0 spiro atoms. The van der Waals surface area contributed by atoms with Gasteiger partial charge in [-0.05, 0) is 76.2 Å². The van der Waals surface area contributed by atoms with E-state index in [0.29, 0.717) is 13.2 Å². The van der Waals surface area contributed by atoms with Gasteiger partial charge in [-0.25, -0.2) is 18.3 Å². The van der Waals surface area contributed by atoms with Crippen molar-refractivity contribution in [2.24, 2.45) is 20.5 Å². The molecule has 228 valence electrons. The number of anilines is 2. The van der Waals surface area contributed by atoms with Gasteiger partial charge in [0, 0.05) is 48.8 Å². The average molecular weight is 587 g/mol. The lowest BCUT2D eigenvalue weighted by atomic mass is 10.2. The third kappa shape index (κ3) is 8.35.